The molecule has 1 aliphatic heterocycles. The summed E-state index contributed by atoms with van der Waals surface area (Å²) in [6, 6.07) is 0. The Labute approximate surface area is 57.6 Å². The van der Waals surface area contributed by atoms with Gasteiger partial charge in [0.1, 0.15) is 0 Å². The molecule has 0 aliphatic carbocycles. The average molecular weight is 212 g/mol. The molecule has 42 valence electrons. The summed E-state index contributed by atoms with van der Waals surface area (Å²) in [5.74, 6) is 0. The van der Waals surface area contributed by atoms with E-state index in [1.165, 1.54) is 12.8 Å². The molecule has 0 N–H and O–H groups in total. The Morgan fingerprint density at radius 1 is 1.57 bits per heavy atom. The lowest BCUT2D eigenvalue weighted by Gasteiger charge is -2.15. The van der Waals surface area contributed by atoms with Gasteiger partial charge in [-0.3, -0.25) is 0 Å². The molecule has 0 spiro atoms. The lowest BCUT2D eigenvalue weighted by Crippen LogP contribution is -2.15. The van der Waals surface area contributed by atoms with Gasteiger partial charge in [-0.25, -0.2) is 0 Å². The third-order valence-corrected chi connectivity index (χ3v) is 2.09. The fraction of sp³-hybridized carbons (Fsp3) is 1.00. The summed E-state index contributed by atoms with van der Waals surface area (Å²) >= 11 is 2.43. The molecule has 0 radical (unpaired) electrons. The molecule has 2 heteroatoms. The van der Waals surface area contributed by atoms with Gasteiger partial charge in [-0.1, -0.05) is 22.6 Å². The number of hydrogen-bond acceptors (Lipinski definition) is 1. The predicted molar refractivity (Wildman–Crippen MR) is 37.9 cm³/mol. The largest absolute Gasteiger partial charge is 0.380 e. The second-order valence-electron chi connectivity index (χ2n) is 1.81. The molecule has 0 aromatic carbocycles. The number of rotatable bonds is 0. The fourth-order valence-electron chi connectivity index (χ4n) is 0.701. The second kappa shape index (κ2) is 2.87. The van der Waals surface area contributed by atoms with Crippen LogP contribution in [0, 0.1) is 0 Å². The van der Waals surface area contributed by atoms with E-state index in [2.05, 4.69) is 22.6 Å². The minimum absolute atomic E-state index is 0.784. The molecule has 1 heterocycles. The van der Waals surface area contributed by atoms with Crippen molar-refractivity contribution in [2.75, 3.05) is 13.2 Å². The first-order chi connectivity index (χ1) is 3.39. The molecule has 0 aromatic heterocycles. The molecule has 7 heavy (non-hydrogen) atoms. The molecular weight excluding hydrogens is 203 g/mol. The van der Waals surface area contributed by atoms with Crippen molar-refractivity contribution in [1.82, 2.24) is 0 Å². The van der Waals surface area contributed by atoms with Crippen molar-refractivity contribution in [2.45, 2.75) is 16.8 Å². The van der Waals surface area contributed by atoms with Gasteiger partial charge in [-0.15, -0.1) is 0 Å². The van der Waals surface area contributed by atoms with Gasteiger partial charge in [0.05, 0.1) is 6.61 Å². The summed E-state index contributed by atoms with van der Waals surface area (Å²) in [7, 11) is 0. The Kier molecular flexibility index (Phi) is 2.38. The summed E-state index contributed by atoms with van der Waals surface area (Å²) < 4.78 is 5.96. The quantitative estimate of drug-likeness (QED) is 0.437. The van der Waals surface area contributed by atoms with Crippen LogP contribution in [0.5, 0.6) is 0 Å². The zero-order valence-electron chi connectivity index (χ0n) is 4.19. The lowest BCUT2D eigenvalue weighted by molar-refractivity contribution is 0.105. The molecule has 1 fully saturated rings. The highest BCUT2D eigenvalue weighted by Crippen LogP contribution is 2.13. The third-order valence-electron chi connectivity index (χ3n) is 1.10. The molecule has 1 nitrogen and oxygen atoms in total. The van der Waals surface area contributed by atoms with E-state index in [1.807, 2.05) is 0 Å². The van der Waals surface area contributed by atoms with Crippen molar-refractivity contribution >= 4 is 22.6 Å². The van der Waals surface area contributed by atoms with Crippen LogP contribution in [0.2, 0.25) is 0 Å². The van der Waals surface area contributed by atoms with Crippen molar-refractivity contribution in [3.63, 3.8) is 0 Å². The van der Waals surface area contributed by atoms with E-state index >= 15 is 0 Å². The summed E-state index contributed by atoms with van der Waals surface area (Å²) in [6.07, 6.45) is 2.61. The fourth-order valence-corrected chi connectivity index (χ4v) is 1.40. The first kappa shape index (κ1) is 5.82. The smallest absolute Gasteiger partial charge is 0.0583 e. The van der Waals surface area contributed by atoms with Gasteiger partial charge in [-0.05, 0) is 12.8 Å². The molecule has 0 aromatic rings. The first-order valence-electron chi connectivity index (χ1n) is 2.61. The standard InChI is InChI=1S/C5H9IO/c6-5-2-1-3-7-4-5/h5H,1-4H2/t5-/m0/s1. The van der Waals surface area contributed by atoms with Gasteiger partial charge in [0.15, 0.2) is 0 Å². The maximum absolute atomic E-state index is 5.17. The van der Waals surface area contributed by atoms with Crippen molar-refractivity contribution in [2.24, 2.45) is 0 Å². The normalized spacial score (nSPS) is 33.0. The SMILES string of the molecule is I[C@H]1CCCOC1. The molecule has 1 atom stereocenters. The van der Waals surface area contributed by atoms with Crippen LogP contribution in [-0.2, 0) is 4.74 Å². The number of hydrogen-bond donors (Lipinski definition) is 0. The number of alkyl halides is 1. The number of ether oxygens (including phenoxy) is 1. The Morgan fingerprint density at radius 3 is 2.71 bits per heavy atom. The van der Waals surface area contributed by atoms with Crippen molar-refractivity contribution in [3.8, 4) is 0 Å². The summed E-state index contributed by atoms with van der Waals surface area (Å²) in [6.45, 7) is 1.96. The Hall–Kier alpha value is 0.690. The van der Waals surface area contributed by atoms with Crippen LogP contribution in [0.25, 0.3) is 0 Å². The van der Waals surface area contributed by atoms with E-state index in [1.54, 1.807) is 0 Å². The molecule has 0 amide bonds. The Morgan fingerprint density at radius 2 is 2.43 bits per heavy atom. The van der Waals surface area contributed by atoms with Crippen LogP contribution in [0.1, 0.15) is 12.8 Å². The molecule has 1 aliphatic rings. The summed E-state index contributed by atoms with van der Waals surface area (Å²) in [4.78, 5) is 0. The highest BCUT2D eigenvalue weighted by atomic mass is 127. The van der Waals surface area contributed by atoms with Crippen LogP contribution in [-0.4, -0.2) is 17.1 Å². The van der Waals surface area contributed by atoms with Gasteiger partial charge in [0, 0.05) is 10.5 Å². The Balaban J connectivity index is 2.12. The first-order valence-corrected chi connectivity index (χ1v) is 3.86. The van der Waals surface area contributed by atoms with E-state index in [0.717, 1.165) is 17.1 Å². The Bertz CT molecular complexity index is 50.0. The van der Waals surface area contributed by atoms with Crippen LogP contribution in [0.4, 0.5) is 0 Å². The molecule has 0 unspecified atom stereocenters. The molecule has 0 bridgehead atoms. The molecule has 1 saturated heterocycles. The van der Waals surface area contributed by atoms with E-state index in [-0.39, 0.29) is 0 Å². The van der Waals surface area contributed by atoms with Crippen molar-refractivity contribution in [3.05, 3.63) is 0 Å². The van der Waals surface area contributed by atoms with Gasteiger partial charge in [-0.2, -0.15) is 0 Å². The number of halogens is 1. The van der Waals surface area contributed by atoms with Gasteiger partial charge >= 0.3 is 0 Å². The monoisotopic (exact) mass is 212 g/mol. The van der Waals surface area contributed by atoms with E-state index in [0.29, 0.717) is 0 Å². The summed E-state index contributed by atoms with van der Waals surface area (Å²) in [5.41, 5.74) is 0. The van der Waals surface area contributed by atoms with Crippen molar-refractivity contribution < 1.29 is 4.74 Å². The van der Waals surface area contributed by atoms with Crippen molar-refractivity contribution in [1.29, 1.82) is 0 Å². The van der Waals surface area contributed by atoms with Crippen LogP contribution in [0.3, 0.4) is 0 Å². The average Bonchev–Trinajstić information content (AvgIpc) is 1.69. The topological polar surface area (TPSA) is 9.23 Å². The zero-order valence-corrected chi connectivity index (χ0v) is 6.35. The van der Waals surface area contributed by atoms with E-state index in [4.69, 9.17) is 4.74 Å². The van der Waals surface area contributed by atoms with Crippen LogP contribution in [0.15, 0.2) is 0 Å². The van der Waals surface area contributed by atoms with Gasteiger partial charge in [0.2, 0.25) is 0 Å². The maximum atomic E-state index is 5.17. The van der Waals surface area contributed by atoms with E-state index in [9.17, 15) is 0 Å². The van der Waals surface area contributed by atoms with Crippen LogP contribution >= 0.6 is 22.6 Å². The third kappa shape index (κ3) is 1.95. The van der Waals surface area contributed by atoms with E-state index < -0.39 is 0 Å². The minimum atomic E-state index is 0.784. The molecule has 1 rings (SSSR count). The second-order valence-corrected chi connectivity index (χ2v) is 3.58. The summed E-state index contributed by atoms with van der Waals surface area (Å²) in [5, 5.41) is 0. The van der Waals surface area contributed by atoms with Gasteiger partial charge < -0.3 is 4.74 Å². The highest BCUT2D eigenvalue weighted by molar-refractivity contribution is 14.1. The van der Waals surface area contributed by atoms with Crippen LogP contribution < -0.4 is 0 Å². The lowest BCUT2D eigenvalue weighted by atomic mass is 10.2. The molecule has 0 saturated carbocycles. The zero-order chi connectivity index (χ0) is 5.11. The highest BCUT2D eigenvalue weighted by Gasteiger charge is 2.07. The predicted octanol–water partition coefficient (Wildman–Crippen LogP) is 1.60. The van der Waals surface area contributed by atoms with Gasteiger partial charge in [0.25, 0.3) is 0 Å². The maximum Gasteiger partial charge on any atom is 0.0583 e. The minimum Gasteiger partial charge on any atom is -0.380 e. The molecular formula is C5H9IO.